The summed E-state index contributed by atoms with van der Waals surface area (Å²) in [5.41, 5.74) is 3.26. The second kappa shape index (κ2) is 10.4. The first-order valence-corrected chi connectivity index (χ1v) is 14.1. The molecule has 36 heavy (non-hydrogen) atoms. The van der Waals surface area contributed by atoms with Crippen LogP contribution in [0.2, 0.25) is 0 Å². The number of rotatable bonds is 9. The number of aromatic amines is 1. The molecule has 3 heterocycles. The smallest absolute Gasteiger partial charge is 0.337 e. The quantitative estimate of drug-likeness (QED) is 0.398. The van der Waals surface area contributed by atoms with Crippen molar-refractivity contribution in [2.75, 3.05) is 23.7 Å². The first kappa shape index (κ1) is 25.9. The normalized spacial score (nSPS) is 16.4. The number of carbonyl (C=O) groups is 1. The summed E-state index contributed by atoms with van der Waals surface area (Å²) in [5.74, 6) is -1.19. The van der Waals surface area contributed by atoms with Gasteiger partial charge in [-0.1, -0.05) is 19.4 Å². The number of sulfonamides is 1. The van der Waals surface area contributed by atoms with E-state index in [1.807, 2.05) is 13.0 Å². The minimum Gasteiger partial charge on any atom is -0.478 e. The summed E-state index contributed by atoms with van der Waals surface area (Å²) in [6.45, 7) is 4.66. The second-order valence-electron chi connectivity index (χ2n) is 9.34. The zero-order chi connectivity index (χ0) is 26.0. The average Bonchev–Trinajstić information content (AvgIpc) is 3.27. The van der Waals surface area contributed by atoms with Crippen LogP contribution in [0.5, 0.6) is 0 Å². The van der Waals surface area contributed by atoms with E-state index in [0.29, 0.717) is 36.2 Å². The van der Waals surface area contributed by atoms with Gasteiger partial charge in [-0.05, 0) is 63.3 Å². The Hall–Kier alpha value is -3.18. The van der Waals surface area contributed by atoms with Crippen molar-refractivity contribution in [3.05, 3.63) is 62.7 Å². The molecule has 1 atom stereocenters. The number of nitrogens with one attached hydrogen (secondary N) is 2. The zero-order valence-corrected chi connectivity index (χ0v) is 21.7. The van der Waals surface area contributed by atoms with Crippen LogP contribution in [0.15, 0.2) is 29.1 Å². The summed E-state index contributed by atoms with van der Waals surface area (Å²) >= 11 is 0. The van der Waals surface area contributed by atoms with E-state index >= 15 is 0 Å². The Balaban J connectivity index is 1.58. The number of carboxylic acids is 1. The SMILES string of the molecule is CCc1ccc(N(CCCc2c(C)nc3cc([C@@H]4CCCCN4)[nH]n3c2=O)S(C)(=O)=O)c(C(=O)O)c1. The molecule has 3 N–H and O–H groups in total. The number of fused-ring (bicyclic) bond motifs is 1. The van der Waals surface area contributed by atoms with Gasteiger partial charge in [-0.15, -0.1) is 0 Å². The maximum Gasteiger partial charge on any atom is 0.337 e. The summed E-state index contributed by atoms with van der Waals surface area (Å²) in [6.07, 6.45) is 5.57. The molecule has 1 fully saturated rings. The van der Waals surface area contributed by atoms with Crippen LogP contribution in [0.1, 0.15) is 71.5 Å². The minimum absolute atomic E-state index is 0.0359. The highest BCUT2D eigenvalue weighted by Gasteiger charge is 2.24. The number of aromatic carboxylic acids is 1. The lowest BCUT2D eigenvalue weighted by molar-refractivity contribution is 0.0697. The predicted molar refractivity (Wildman–Crippen MR) is 138 cm³/mol. The van der Waals surface area contributed by atoms with Crippen LogP contribution in [-0.2, 0) is 22.9 Å². The summed E-state index contributed by atoms with van der Waals surface area (Å²) in [6, 6.07) is 6.85. The van der Waals surface area contributed by atoms with Crippen LogP contribution < -0.4 is 15.2 Å². The molecule has 11 heteroatoms. The standard InChI is InChI=1S/C25H33N5O5S/c1-4-17-10-11-22(19(14-17)25(32)33)29(36(3,34)35)13-7-8-18-16(2)27-23-15-21(28-30(23)24(18)31)20-9-5-6-12-26-20/h10-11,14-15,20,26,28H,4-9,12-13H2,1-3H3,(H,32,33)/t20-/m0/s1. The molecule has 0 bridgehead atoms. The Labute approximate surface area is 210 Å². The lowest BCUT2D eigenvalue weighted by Gasteiger charge is -2.24. The van der Waals surface area contributed by atoms with Gasteiger partial charge in [0.25, 0.3) is 5.56 Å². The van der Waals surface area contributed by atoms with Gasteiger partial charge in [0.2, 0.25) is 10.0 Å². The van der Waals surface area contributed by atoms with E-state index in [2.05, 4.69) is 15.4 Å². The van der Waals surface area contributed by atoms with Gasteiger partial charge in [0, 0.05) is 29.9 Å². The van der Waals surface area contributed by atoms with Crippen molar-refractivity contribution in [3.8, 4) is 0 Å². The fraction of sp³-hybridized carbons (Fsp3) is 0.480. The number of H-pyrrole nitrogens is 1. The monoisotopic (exact) mass is 515 g/mol. The Morgan fingerprint density at radius 1 is 1.28 bits per heavy atom. The molecule has 194 valence electrons. The molecular formula is C25H33N5O5S. The van der Waals surface area contributed by atoms with E-state index in [0.717, 1.165) is 47.6 Å². The van der Waals surface area contributed by atoms with E-state index in [1.54, 1.807) is 13.0 Å². The van der Waals surface area contributed by atoms with Crippen molar-refractivity contribution >= 4 is 27.3 Å². The summed E-state index contributed by atoms with van der Waals surface area (Å²) in [4.78, 5) is 29.7. The molecule has 3 aromatic rings. The maximum absolute atomic E-state index is 13.3. The Morgan fingerprint density at radius 3 is 2.69 bits per heavy atom. The van der Waals surface area contributed by atoms with Gasteiger partial charge < -0.3 is 10.4 Å². The van der Waals surface area contributed by atoms with Gasteiger partial charge in [0.05, 0.1) is 23.2 Å². The van der Waals surface area contributed by atoms with E-state index < -0.39 is 16.0 Å². The lowest BCUT2D eigenvalue weighted by Crippen LogP contribution is -2.33. The molecule has 2 aromatic heterocycles. The number of piperidine rings is 1. The molecule has 0 aliphatic carbocycles. The highest BCUT2D eigenvalue weighted by Crippen LogP contribution is 2.26. The van der Waals surface area contributed by atoms with Crippen LogP contribution in [0.3, 0.4) is 0 Å². The number of carboxylic acid groups (broad SMARTS) is 1. The van der Waals surface area contributed by atoms with E-state index in [9.17, 15) is 23.1 Å². The average molecular weight is 516 g/mol. The highest BCUT2D eigenvalue weighted by atomic mass is 32.2. The topological polar surface area (TPSA) is 137 Å². The Morgan fingerprint density at radius 2 is 2.06 bits per heavy atom. The summed E-state index contributed by atoms with van der Waals surface area (Å²) < 4.78 is 27.8. The molecule has 4 rings (SSSR count). The fourth-order valence-electron chi connectivity index (χ4n) is 4.83. The third kappa shape index (κ3) is 5.31. The number of aromatic nitrogens is 3. The molecule has 0 amide bonds. The fourth-order valence-corrected chi connectivity index (χ4v) is 5.81. The van der Waals surface area contributed by atoms with Gasteiger partial charge in [-0.3, -0.25) is 14.2 Å². The molecule has 0 radical (unpaired) electrons. The van der Waals surface area contributed by atoms with Crippen LogP contribution in [0.4, 0.5) is 5.69 Å². The van der Waals surface area contributed by atoms with Gasteiger partial charge in [0.1, 0.15) is 0 Å². The lowest BCUT2D eigenvalue weighted by atomic mass is 10.0. The summed E-state index contributed by atoms with van der Waals surface area (Å²) in [7, 11) is -3.75. The van der Waals surface area contributed by atoms with Crippen LogP contribution in [-0.4, -0.2) is 53.4 Å². The third-order valence-corrected chi connectivity index (χ3v) is 7.96. The van der Waals surface area contributed by atoms with Crippen LogP contribution >= 0.6 is 0 Å². The summed E-state index contributed by atoms with van der Waals surface area (Å²) in [5, 5.41) is 16.3. The van der Waals surface area contributed by atoms with Gasteiger partial charge in [-0.25, -0.2) is 22.7 Å². The number of hydrogen-bond acceptors (Lipinski definition) is 6. The molecule has 1 aliphatic rings. The molecule has 0 saturated carbocycles. The number of benzene rings is 1. The van der Waals surface area contributed by atoms with E-state index in [1.165, 1.54) is 16.6 Å². The molecule has 10 nitrogen and oxygen atoms in total. The Bertz CT molecular complexity index is 1440. The first-order valence-electron chi connectivity index (χ1n) is 12.3. The van der Waals surface area contributed by atoms with E-state index in [-0.39, 0.29) is 29.4 Å². The number of anilines is 1. The second-order valence-corrected chi connectivity index (χ2v) is 11.2. The molecule has 1 saturated heterocycles. The molecule has 1 aliphatic heterocycles. The largest absolute Gasteiger partial charge is 0.478 e. The zero-order valence-electron chi connectivity index (χ0n) is 20.9. The number of aryl methyl sites for hydroxylation is 2. The predicted octanol–water partition coefficient (Wildman–Crippen LogP) is 2.81. The van der Waals surface area contributed by atoms with Gasteiger partial charge in [0.15, 0.2) is 5.65 Å². The third-order valence-electron chi connectivity index (χ3n) is 6.78. The number of hydrogen-bond donors (Lipinski definition) is 3. The van der Waals surface area contributed by atoms with Crippen molar-refractivity contribution in [3.63, 3.8) is 0 Å². The van der Waals surface area contributed by atoms with Crippen LogP contribution in [0.25, 0.3) is 5.65 Å². The first-order chi connectivity index (χ1) is 17.1. The maximum atomic E-state index is 13.3. The van der Waals surface area contributed by atoms with Gasteiger partial charge in [-0.2, -0.15) is 0 Å². The molecule has 1 aromatic carbocycles. The van der Waals surface area contributed by atoms with Crippen molar-refractivity contribution in [2.24, 2.45) is 0 Å². The van der Waals surface area contributed by atoms with Crippen molar-refractivity contribution < 1.29 is 18.3 Å². The van der Waals surface area contributed by atoms with Gasteiger partial charge >= 0.3 is 5.97 Å². The van der Waals surface area contributed by atoms with E-state index in [4.69, 9.17) is 0 Å². The number of nitrogens with zero attached hydrogens (tertiary/aromatic N) is 3. The molecule has 0 spiro atoms. The van der Waals surface area contributed by atoms with Crippen molar-refractivity contribution in [1.82, 2.24) is 19.9 Å². The van der Waals surface area contributed by atoms with Crippen molar-refractivity contribution in [2.45, 2.75) is 58.4 Å². The molecule has 0 unspecified atom stereocenters. The molecular weight excluding hydrogens is 482 g/mol. The minimum atomic E-state index is -3.75. The van der Waals surface area contributed by atoms with Crippen molar-refractivity contribution in [1.29, 1.82) is 0 Å². The Kier molecular flexibility index (Phi) is 7.51. The van der Waals surface area contributed by atoms with Crippen LogP contribution in [0, 0.1) is 6.92 Å². The highest BCUT2D eigenvalue weighted by molar-refractivity contribution is 7.92.